The van der Waals surface area contributed by atoms with Crippen molar-refractivity contribution in [2.75, 3.05) is 5.32 Å². The molecule has 6 heteroatoms. The standard InChI is InChI=1S/C12H11Cl2N3O/c1-7-5-11(17(2)16-7)15-12(18)9-4-3-8(13)6-10(9)14/h3-6H,1-2H3,(H,15,18). The van der Waals surface area contributed by atoms with Gasteiger partial charge in [-0.05, 0) is 25.1 Å². The van der Waals surface area contributed by atoms with Crippen LogP contribution in [0.5, 0.6) is 0 Å². The van der Waals surface area contributed by atoms with E-state index in [0.717, 1.165) is 5.69 Å². The molecule has 1 amide bonds. The number of hydrogen-bond acceptors (Lipinski definition) is 2. The number of benzene rings is 1. The zero-order valence-corrected chi connectivity index (χ0v) is 11.4. The first kappa shape index (κ1) is 12.9. The molecule has 0 unspecified atom stereocenters. The van der Waals surface area contributed by atoms with Crippen LogP contribution < -0.4 is 5.32 Å². The van der Waals surface area contributed by atoms with Gasteiger partial charge in [0.05, 0.1) is 16.3 Å². The molecule has 1 heterocycles. The van der Waals surface area contributed by atoms with Crippen LogP contribution in [0.3, 0.4) is 0 Å². The second kappa shape index (κ2) is 5.00. The van der Waals surface area contributed by atoms with Gasteiger partial charge in [-0.15, -0.1) is 0 Å². The van der Waals surface area contributed by atoms with Crippen molar-refractivity contribution < 1.29 is 4.79 Å². The number of nitrogens with one attached hydrogen (secondary N) is 1. The lowest BCUT2D eigenvalue weighted by Gasteiger charge is -2.06. The van der Waals surface area contributed by atoms with Gasteiger partial charge >= 0.3 is 0 Å². The first-order chi connectivity index (χ1) is 8.47. The highest BCUT2D eigenvalue weighted by atomic mass is 35.5. The minimum Gasteiger partial charge on any atom is -0.307 e. The summed E-state index contributed by atoms with van der Waals surface area (Å²) in [7, 11) is 1.76. The second-order valence-corrected chi connectivity index (χ2v) is 4.72. The number of hydrogen-bond donors (Lipinski definition) is 1. The first-order valence-electron chi connectivity index (χ1n) is 5.24. The number of aryl methyl sites for hydroxylation is 2. The van der Waals surface area contributed by atoms with E-state index < -0.39 is 0 Å². The van der Waals surface area contributed by atoms with E-state index in [4.69, 9.17) is 23.2 Å². The number of aromatic nitrogens is 2. The van der Waals surface area contributed by atoms with Crippen molar-refractivity contribution in [2.45, 2.75) is 6.92 Å². The average molecular weight is 284 g/mol. The van der Waals surface area contributed by atoms with E-state index in [1.54, 1.807) is 29.9 Å². The van der Waals surface area contributed by atoms with Crippen LogP contribution in [0, 0.1) is 6.92 Å². The SMILES string of the molecule is Cc1cc(NC(=O)c2ccc(Cl)cc2Cl)n(C)n1. The molecule has 4 nitrogen and oxygen atoms in total. The summed E-state index contributed by atoms with van der Waals surface area (Å²) in [5.74, 6) is 0.322. The van der Waals surface area contributed by atoms with Gasteiger partial charge < -0.3 is 5.32 Å². The third-order valence-corrected chi connectivity index (χ3v) is 2.97. The lowest BCUT2D eigenvalue weighted by molar-refractivity contribution is 0.102. The van der Waals surface area contributed by atoms with Gasteiger partial charge in [-0.25, -0.2) is 0 Å². The van der Waals surface area contributed by atoms with Crippen molar-refractivity contribution in [3.8, 4) is 0 Å². The molecule has 2 rings (SSSR count). The molecule has 0 spiro atoms. The molecule has 18 heavy (non-hydrogen) atoms. The smallest absolute Gasteiger partial charge is 0.258 e. The Kier molecular flexibility index (Phi) is 3.59. The summed E-state index contributed by atoms with van der Waals surface area (Å²) in [6.07, 6.45) is 0. The van der Waals surface area contributed by atoms with E-state index in [-0.39, 0.29) is 5.91 Å². The molecule has 0 atom stereocenters. The fourth-order valence-electron chi connectivity index (χ4n) is 1.58. The number of carbonyl (C=O) groups is 1. The molecule has 0 saturated heterocycles. The molecule has 1 aromatic carbocycles. The zero-order valence-electron chi connectivity index (χ0n) is 9.87. The Labute approximate surface area is 115 Å². The topological polar surface area (TPSA) is 46.9 Å². The maximum atomic E-state index is 12.0. The van der Waals surface area contributed by atoms with Crippen LogP contribution >= 0.6 is 23.2 Å². The number of anilines is 1. The van der Waals surface area contributed by atoms with Gasteiger partial charge in [-0.2, -0.15) is 5.10 Å². The molecule has 0 radical (unpaired) electrons. The van der Waals surface area contributed by atoms with Crippen molar-refractivity contribution in [2.24, 2.45) is 7.05 Å². The van der Waals surface area contributed by atoms with Crippen molar-refractivity contribution >= 4 is 34.9 Å². The minimum absolute atomic E-state index is 0.292. The monoisotopic (exact) mass is 283 g/mol. The van der Waals surface area contributed by atoms with E-state index in [1.807, 2.05) is 6.92 Å². The Morgan fingerprint density at radius 2 is 2.06 bits per heavy atom. The molecule has 0 fully saturated rings. The molecule has 0 saturated carbocycles. The summed E-state index contributed by atoms with van der Waals surface area (Å²) in [5.41, 5.74) is 1.20. The van der Waals surface area contributed by atoms with Crippen LogP contribution in [0.25, 0.3) is 0 Å². The van der Waals surface area contributed by atoms with E-state index >= 15 is 0 Å². The van der Waals surface area contributed by atoms with E-state index in [0.29, 0.717) is 21.4 Å². The molecule has 0 aliphatic rings. The maximum absolute atomic E-state index is 12.0. The zero-order chi connectivity index (χ0) is 13.3. The van der Waals surface area contributed by atoms with Gasteiger partial charge in [-0.3, -0.25) is 9.48 Å². The maximum Gasteiger partial charge on any atom is 0.258 e. The molecule has 0 bridgehead atoms. The molecular weight excluding hydrogens is 273 g/mol. The van der Waals surface area contributed by atoms with Crippen LogP contribution in [0.4, 0.5) is 5.82 Å². The van der Waals surface area contributed by atoms with Crippen LogP contribution in [0.15, 0.2) is 24.3 Å². The number of halogens is 2. The lowest BCUT2D eigenvalue weighted by Crippen LogP contribution is -2.14. The number of rotatable bonds is 2. The van der Waals surface area contributed by atoms with Gasteiger partial charge in [0.15, 0.2) is 0 Å². The fourth-order valence-corrected chi connectivity index (χ4v) is 2.08. The number of amides is 1. The Hall–Kier alpha value is -1.52. The highest BCUT2D eigenvalue weighted by molar-refractivity contribution is 6.37. The van der Waals surface area contributed by atoms with Crippen molar-refractivity contribution in [3.63, 3.8) is 0 Å². The fraction of sp³-hybridized carbons (Fsp3) is 0.167. The lowest BCUT2D eigenvalue weighted by atomic mass is 10.2. The quantitative estimate of drug-likeness (QED) is 0.919. The van der Waals surface area contributed by atoms with Gasteiger partial charge in [0.2, 0.25) is 0 Å². The van der Waals surface area contributed by atoms with Crippen molar-refractivity contribution in [1.29, 1.82) is 0 Å². The molecule has 2 aromatic rings. The Morgan fingerprint density at radius 3 is 2.61 bits per heavy atom. The largest absolute Gasteiger partial charge is 0.307 e. The third kappa shape index (κ3) is 2.66. The first-order valence-corrected chi connectivity index (χ1v) is 6.00. The van der Waals surface area contributed by atoms with Gasteiger partial charge in [0.1, 0.15) is 5.82 Å². The third-order valence-electron chi connectivity index (χ3n) is 2.42. The van der Waals surface area contributed by atoms with Crippen LogP contribution in [0.1, 0.15) is 16.1 Å². The van der Waals surface area contributed by atoms with Crippen LogP contribution in [0.2, 0.25) is 10.0 Å². The van der Waals surface area contributed by atoms with E-state index in [1.165, 1.54) is 6.07 Å². The molecule has 1 N–H and O–H groups in total. The van der Waals surface area contributed by atoms with Crippen molar-refractivity contribution in [3.05, 3.63) is 45.6 Å². The summed E-state index contributed by atoms with van der Waals surface area (Å²) in [6.45, 7) is 1.85. The highest BCUT2D eigenvalue weighted by Gasteiger charge is 2.12. The van der Waals surface area contributed by atoms with E-state index in [2.05, 4.69) is 10.4 Å². The minimum atomic E-state index is -0.292. The summed E-state index contributed by atoms with van der Waals surface area (Å²) in [5, 5.41) is 7.70. The van der Waals surface area contributed by atoms with Gasteiger partial charge in [-0.1, -0.05) is 23.2 Å². The summed E-state index contributed by atoms with van der Waals surface area (Å²) < 4.78 is 1.59. The molecule has 94 valence electrons. The predicted molar refractivity (Wildman–Crippen MR) is 72.4 cm³/mol. The average Bonchev–Trinajstić information content (AvgIpc) is 2.57. The summed E-state index contributed by atoms with van der Waals surface area (Å²) in [6, 6.07) is 6.52. The molecule has 1 aromatic heterocycles. The summed E-state index contributed by atoms with van der Waals surface area (Å²) in [4.78, 5) is 12.0. The Bertz CT molecular complexity index is 607. The van der Waals surface area contributed by atoms with Gasteiger partial charge in [0, 0.05) is 18.1 Å². The molecule has 0 aliphatic carbocycles. The van der Waals surface area contributed by atoms with Gasteiger partial charge in [0.25, 0.3) is 5.91 Å². The normalized spacial score (nSPS) is 10.4. The van der Waals surface area contributed by atoms with E-state index in [9.17, 15) is 4.79 Å². The van der Waals surface area contributed by atoms with Crippen LogP contribution in [-0.4, -0.2) is 15.7 Å². The Balaban J connectivity index is 2.24. The molecule has 0 aliphatic heterocycles. The summed E-state index contributed by atoms with van der Waals surface area (Å²) >= 11 is 11.7. The number of nitrogens with zero attached hydrogens (tertiary/aromatic N) is 2. The second-order valence-electron chi connectivity index (χ2n) is 3.87. The van der Waals surface area contributed by atoms with Crippen LogP contribution in [-0.2, 0) is 7.05 Å². The van der Waals surface area contributed by atoms with Crippen molar-refractivity contribution in [1.82, 2.24) is 9.78 Å². The predicted octanol–water partition coefficient (Wildman–Crippen LogP) is 3.29. The Morgan fingerprint density at radius 1 is 1.33 bits per heavy atom. The highest BCUT2D eigenvalue weighted by Crippen LogP contribution is 2.22. The molecular formula is C12H11Cl2N3O. The number of carbonyl (C=O) groups excluding carboxylic acids is 1.